The Labute approximate surface area is 110 Å². The molecule has 0 bridgehead atoms. The van der Waals surface area contributed by atoms with E-state index in [4.69, 9.17) is 5.11 Å². The lowest BCUT2D eigenvalue weighted by Gasteiger charge is -2.04. The zero-order valence-electron chi connectivity index (χ0n) is 9.89. The van der Waals surface area contributed by atoms with Gasteiger partial charge in [-0.15, -0.1) is 0 Å². The van der Waals surface area contributed by atoms with Crippen molar-refractivity contribution in [2.24, 2.45) is 0 Å². The first kappa shape index (κ1) is 12.2. The molecule has 2 N–H and O–H groups in total. The van der Waals surface area contributed by atoms with Crippen molar-refractivity contribution in [1.82, 2.24) is 15.0 Å². The molecule has 0 radical (unpaired) electrons. The van der Waals surface area contributed by atoms with E-state index >= 15 is 0 Å². The smallest absolute Gasteiger partial charge is 0.336 e. The molecular formula is C13H7F2N3O2. The predicted molar refractivity (Wildman–Crippen MR) is 66.2 cm³/mol. The van der Waals surface area contributed by atoms with Crippen molar-refractivity contribution in [3.8, 4) is 11.4 Å². The Hall–Kier alpha value is -2.83. The second-order valence-corrected chi connectivity index (χ2v) is 4.10. The van der Waals surface area contributed by atoms with Crippen LogP contribution in [-0.2, 0) is 0 Å². The number of hydrogen-bond acceptors (Lipinski definition) is 3. The summed E-state index contributed by atoms with van der Waals surface area (Å²) in [4.78, 5) is 22.0. The molecule has 0 unspecified atom stereocenters. The Bertz CT molecular complexity index is 797. The lowest BCUT2D eigenvalue weighted by atomic mass is 10.1. The number of rotatable bonds is 2. The van der Waals surface area contributed by atoms with Gasteiger partial charge in [-0.1, -0.05) is 0 Å². The molecule has 0 atom stereocenters. The summed E-state index contributed by atoms with van der Waals surface area (Å²) in [5.74, 6) is -3.57. The van der Waals surface area contributed by atoms with Crippen LogP contribution < -0.4 is 0 Å². The number of aromatic amines is 1. The third-order valence-corrected chi connectivity index (χ3v) is 2.83. The number of fused-ring (bicyclic) bond motifs is 1. The summed E-state index contributed by atoms with van der Waals surface area (Å²) >= 11 is 0. The molecule has 0 amide bonds. The van der Waals surface area contributed by atoms with Crippen molar-refractivity contribution >= 4 is 17.0 Å². The molecule has 0 aliphatic rings. The van der Waals surface area contributed by atoms with Gasteiger partial charge in [0.05, 0.1) is 22.8 Å². The van der Waals surface area contributed by atoms with Crippen LogP contribution in [-0.4, -0.2) is 26.0 Å². The van der Waals surface area contributed by atoms with Crippen LogP contribution in [0.2, 0.25) is 0 Å². The highest BCUT2D eigenvalue weighted by molar-refractivity contribution is 5.96. The molecule has 0 spiro atoms. The van der Waals surface area contributed by atoms with Gasteiger partial charge in [0.2, 0.25) is 0 Å². The fraction of sp³-hybridized carbons (Fsp3) is 0. The number of pyridine rings is 1. The number of halogens is 2. The highest BCUT2D eigenvalue weighted by atomic mass is 19.2. The SMILES string of the molecule is O=C(O)c1cc(F)c(F)cc1-c1nc2ccncc2[nH]1. The lowest BCUT2D eigenvalue weighted by molar-refractivity contribution is 0.0697. The maximum Gasteiger partial charge on any atom is 0.336 e. The fourth-order valence-electron chi connectivity index (χ4n) is 1.90. The van der Waals surface area contributed by atoms with Gasteiger partial charge in [0.25, 0.3) is 0 Å². The summed E-state index contributed by atoms with van der Waals surface area (Å²) in [5, 5.41) is 9.07. The molecule has 0 aliphatic heterocycles. The molecule has 2 aromatic heterocycles. The van der Waals surface area contributed by atoms with Crippen LogP contribution in [0.5, 0.6) is 0 Å². The van der Waals surface area contributed by atoms with Crippen LogP contribution in [0.4, 0.5) is 8.78 Å². The van der Waals surface area contributed by atoms with E-state index in [1.165, 1.54) is 12.4 Å². The van der Waals surface area contributed by atoms with Crippen LogP contribution in [0.25, 0.3) is 22.4 Å². The molecule has 2 heterocycles. The molecule has 0 aliphatic carbocycles. The predicted octanol–water partition coefficient (Wildman–Crippen LogP) is 2.60. The highest BCUT2D eigenvalue weighted by Gasteiger charge is 2.18. The molecule has 0 saturated carbocycles. The maximum atomic E-state index is 13.3. The number of benzene rings is 1. The first-order valence-corrected chi connectivity index (χ1v) is 5.58. The van der Waals surface area contributed by atoms with Gasteiger partial charge >= 0.3 is 5.97 Å². The monoisotopic (exact) mass is 275 g/mol. The summed E-state index contributed by atoms with van der Waals surface area (Å²) in [6.45, 7) is 0. The number of aromatic carboxylic acids is 1. The number of hydrogen-bond donors (Lipinski definition) is 2. The third kappa shape index (κ3) is 1.89. The lowest BCUT2D eigenvalue weighted by Crippen LogP contribution is -2.03. The number of nitrogens with one attached hydrogen (secondary N) is 1. The maximum absolute atomic E-state index is 13.3. The summed E-state index contributed by atoms with van der Waals surface area (Å²) < 4.78 is 26.5. The zero-order valence-corrected chi connectivity index (χ0v) is 9.89. The molecule has 0 fully saturated rings. The number of H-pyrrole nitrogens is 1. The topological polar surface area (TPSA) is 78.9 Å². The Kier molecular flexibility index (Phi) is 2.67. The van der Waals surface area contributed by atoms with Crippen LogP contribution in [0.1, 0.15) is 10.4 Å². The zero-order chi connectivity index (χ0) is 14.3. The van der Waals surface area contributed by atoms with Gasteiger partial charge in [-0.2, -0.15) is 0 Å². The van der Waals surface area contributed by atoms with Crippen molar-refractivity contribution in [2.45, 2.75) is 0 Å². The van der Waals surface area contributed by atoms with Gasteiger partial charge in [-0.05, 0) is 18.2 Å². The third-order valence-electron chi connectivity index (χ3n) is 2.83. The number of aromatic nitrogens is 3. The Morgan fingerprint density at radius 1 is 1.25 bits per heavy atom. The molecule has 3 rings (SSSR count). The summed E-state index contributed by atoms with van der Waals surface area (Å²) in [5.41, 5.74) is 0.739. The van der Waals surface area contributed by atoms with Crippen molar-refractivity contribution in [3.63, 3.8) is 0 Å². The number of nitrogens with zero attached hydrogens (tertiary/aromatic N) is 2. The molecule has 5 nitrogen and oxygen atoms in total. The average molecular weight is 275 g/mol. The minimum atomic E-state index is -1.36. The van der Waals surface area contributed by atoms with E-state index in [0.29, 0.717) is 17.1 Å². The van der Waals surface area contributed by atoms with Gasteiger partial charge < -0.3 is 10.1 Å². The summed E-state index contributed by atoms with van der Waals surface area (Å²) in [6.07, 6.45) is 3.03. The molecule has 0 saturated heterocycles. The first-order valence-electron chi connectivity index (χ1n) is 5.58. The van der Waals surface area contributed by atoms with Crippen LogP contribution in [0, 0.1) is 11.6 Å². The van der Waals surface area contributed by atoms with Crippen molar-refractivity contribution in [1.29, 1.82) is 0 Å². The Morgan fingerprint density at radius 3 is 2.70 bits per heavy atom. The fourth-order valence-corrected chi connectivity index (χ4v) is 1.90. The summed E-state index contributed by atoms with van der Waals surface area (Å²) in [7, 11) is 0. The largest absolute Gasteiger partial charge is 0.478 e. The van der Waals surface area contributed by atoms with E-state index in [1.54, 1.807) is 6.07 Å². The van der Waals surface area contributed by atoms with Crippen LogP contribution >= 0.6 is 0 Å². The summed E-state index contributed by atoms with van der Waals surface area (Å²) in [6, 6.07) is 3.07. The van der Waals surface area contributed by atoms with Crippen molar-refractivity contribution in [2.75, 3.05) is 0 Å². The van der Waals surface area contributed by atoms with E-state index < -0.39 is 17.6 Å². The normalized spacial score (nSPS) is 10.9. The average Bonchev–Trinajstić information content (AvgIpc) is 2.84. The molecular weight excluding hydrogens is 268 g/mol. The second kappa shape index (κ2) is 4.37. The van der Waals surface area contributed by atoms with Crippen molar-refractivity contribution < 1.29 is 18.7 Å². The standard InChI is InChI=1S/C13H7F2N3O2/c14-8-3-6(7(13(19)20)4-9(8)15)12-17-10-1-2-16-5-11(10)18-12/h1-5H,(H,17,18)(H,19,20). The Morgan fingerprint density at radius 2 is 2.00 bits per heavy atom. The van der Waals surface area contributed by atoms with E-state index in [9.17, 15) is 13.6 Å². The molecule has 7 heteroatoms. The van der Waals surface area contributed by atoms with Gasteiger partial charge in [0.1, 0.15) is 5.82 Å². The van der Waals surface area contributed by atoms with Gasteiger partial charge in [-0.25, -0.2) is 18.6 Å². The number of imidazole rings is 1. The minimum Gasteiger partial charge on any atom is -0.478 e. The van der Waals surface area contributed by atoms with E-state index in [2.05, 4.69) is 15.0 Å². The van der Waals surface area contributed by atoms with E-state index in [-0.39, 0.29) is 17.0 Å². The number of carboxylic acids is 1. The molecule has 3 aromatic rings. The van der Waals surface area contributed by atoms with Gasteiger partial charge in [0.15, 0.2) is 11.6 Å². The number of carboxylic acid groups (broad SMARTS) is 1. The van der Waals surface area contributed by atoms with Gasteiger partial charge in [0, 0.05) is 11.8 Å². The van der Waals surface area contributed by atoms with Crippen LogP contribution in [0.3, 0.4) is 0 Å². The Balaban J connectivity index is 2.27. The van der Waals surface area contributed by atoms with Crippen molar-refractivity contribution in [3.05, 3.63) is 47.8 Å². The molecule has 100 valence electrons. The molecule has 20 heavy (non-hydrogen) atoms. The van der Waals surface area contributed by atoms with Gasteiger partial charge in [-0.3, -0.25) is 4.98 Å². The number of carbonyl (C=O) groups is 1. The highest BCUT2D eigenvalue weighted by Crippen LogP contribution is 2.26. The second-order valence-electron chi connectivity index (χ2n) is 4.10. The van der Waals surface area contributed by atoms with Crippen LogP contribution in [0.15, 0.2) is 30.6 Å². The van der Waals surface area contributed by atoms with E-state index in [1.807, 2.05) is 0 Å². The quantitative estimate of drug-likeness (QED) is 0.753. The van der Waals surface area contributed by atoms with E-state index in [0.717, 1.165) is 6.07 Å². The molecule has 1 aromatic carbocycles. The first-order chi connectivity index (χ1) is 9.56. The minimum absolute atomic E-state index is 0.0207.